The van der Waals surface area contributed by atoms with Gasteiger partial charge in [0.05, 0.1) is 99.8 Å². The molecule has 41 atom stereocenters. The summed E-state index contributed by atoms with van der Waals surface area (Å²) in [4.78, 5) is 94.4. The molecule has 16 bridgehead atoms. The summed E-state index contributed by atoms with van der Waals surface area (Å²) in [6.45, 7) is 0. The molecular formula is C72H112O49S8. The minimum atomic E-state index is -2.42. The Morgan fingerprint density at radius 2 is 0.326 bits per heavy atom. The molecule has 0 aliphatic carbocycles. The van der Waals surface area contributed by atoms with Crippen LogP contribution in [0.5, 0.6) is 0 Å². The zero-order valence-corrected chi connectivity index (χ0v) is 74.8. The number of thioether (sulfide) groups is 7. The van der Waals surface area contributed by atoms with Crippen LogP contribution in [0.15, 0.2) is 0 Å². The molecular weight excluding hydrogens is 1910 g/mol. The van der Waals surface area contributed by atoms with Crippen molar-refractivity contribution < 1.29 is 241 Å². The van der Waals surface area contributed by atoms with Crippen LogP contribution >= 0.6 is 82.3 Å². The molecule has 0 aromatic heterocycles. The number of carbonyl (C=O) groups is 8. The van der Waals surface area contributed by atoms with E-state index in [9.17, 15) is 165 Å². The number of aliphatic carboxylic acids is 8. The van der Waals surface area contributed by atoms with Crippen LogP contribution in [-0.2, 0) is 125 Å². The minimum Gasteiger partial charge on any atom is -0.481 e. The summed E-state index contributed by atoms with van der Waals surface area (Å²) in [7, 11) is -2.31. The van der Waals surface area contributed by atoms with Crippen LogP contribution in [0.2, 0.25) is 0 Å². The van der Waals surface area contributed by atoms with Crippen LogP contribution in [0.3, 0.4) is 0 Å². The summed E-state index contributed by atoms with van der Waals surface area (Å²) in [5.41, 5.74) is 0. The third-order valence-corrected chi connectivity index (χ3v) is 30.3. The number of aliphatic hydroxyl groups is 16. The van der Waals surface area contributed by atoms with Crippen molar-refractivity contribution in [2.45, 2.75) is 297 Å². The van der Waals surface area contributed by atoms with Crippen LogP contribution < -0.4 is 0 Å². The van der Waals surface area contributed by atoms with Gasteiger partial charge in [0, 0.05) is 97.1 Å². The van der Waals surface area contributed by atoms with Gasteiger partial charge >= 0.3 is 47.8 Å². The van der Waals surface area contributed by atoms with Gasteiger partial charge in [-0.2, -0.15) is 82.3 Å². The van der Waals surface area contributed by atoms with Crippen molar-refractivity contribution in [3.63, 3.8) is 0 Å². The lowest BCUT2D eigenvalue weighted by Gasteiger charge is -2.51. The third kappa shape index (κ3) is 31.0. The highest BCUT2D eigenvalue weighted by Gasteiger charge is 2.61. The van der Waals surface area contributed by atoms with E-state index < -0.39 is 402 Å². The molecule has 742 valence electrons. The lowest BCUT2D eigenvalue weighted by atomic mass is 9.95. The number of carboxylic acid groups (broad SMARTS) is 8. The SMILES string of the molecule is O=C(O)CCSC[C@H]1O[C@@H]2O[C@H]3[C@H](O)[C@@H](O)[C@@H](O[C@H]4[C@H](O)[C@@H](O)[C@H](O[C@@H]4CSCCC(=O)O)O[C@H]4C(O)[C@@H](O)[C@@H](O[C@H]5[C@H](O)[C@@H](O)[C@@H](O[C@H]6[C@H](O)[C@@H](O)[C@@H](O[C@H]7[C@H](O)[C@@H](O)[C@@H](O[C@H]8[C@H](O)C(O)[C@@H](O[C@H]1[C@H](O)[C@H]2O)O[C@@H]8CS(=O)CCC(=O)O)O[C@@H]7CSCCC(=O)O)O[C@@H]6CSCCC(=O)O)O[C@@H]5CSCCC(=O)O)O[C@@H]4CSCCC(=O)O)O[C@@H]3CSCCC(=O)O. The van der Waals surface area contributed by atoms with Gasteiger partial charge in [-0.25, -0.2) is 0 Å². The predicted octanol–water partition coefficient (Wildman–Crippen LogP) is -8.67. The summed E-state index contributed by atoms with van der Waals surface area (Å²) in [5.74, 6) is -15.9. The van der Waals surface area contributed by atoms with Crippen LogP contribution in [-0.4, -0.2) is 512 Å². The van der Waals surface area contributed by atoms with Crippen LogP contribution in [0, 0.1) is 0 Å². The average Bonchev–Trinajstić information content (AvgIpc) is 0.770. The number of carboxylic acids is 8. The molecule has 30 saturated heterocycles. The molecule has 30 aliphatic rings. The third-order valence-electron chi connectivity index (χ3n) is 21.5. The van der Waals surface area contributed by atoms with Gasteiger partial charge in [0.2, 0.25) is 0 Å². The first kappa shape index (κ1) is 110. The van der Waals surface area contributed by atoms with Gasteiger partial charge < -0.3 is 198 Å². The van der Waals surface area contributed by atoms with Crippen molar-refractivity contribution in [2.75, 3.05) is 92.0 Å². The van der Waals surface area contributed by atoms with Gasteiger partial charge in [-0.15, -0.1) is 0 Å². The van der Waals surface area contributed by atoms with Gasteiger partial charge in [0.1, 0.15) is 153 Å². The molecule has 30 aliphatic heterocycles. The molecule has 49 nitrogen and oxygen atoms in total. The second-order valence-corrected chi connectivity index (χ2v) is 40.7. The lowest BCUT2D eigenvalue weighted by molar-refractivity contribution is -0.396. The zero-order valence-electron chi connectivity index (χ0n) is 68.3. The first-order chi connectivity index (χ1) is 61.1. The fourth-order valence-corrected chi connectivity index (χ4v) is 22.9. The summed E-state index contributed by atoms with van der Waals surface area (Å²) in [5, 5.41) is 272. The van der Waals surface area contributed by atoms with Crippen molar-refractivity contribution in [1.29, 1.82) is 0 Å². The molecule has 0 aromatic rings. The summed E-state index contributed by atoms with van der Waals surface area (Å²) in [6, 6.07) is 0. The number of hydrogen-bond acceptors (Lipinski definition) is 48. The fourth-order valence-electron chi connectivity index (χ4n) is 14.8. The highest BCUT2D eigenvalue weighted by molar-refractivity contribution is 8.00. The maximum atomic E-state index is 13.9. The minimum absolute atomic E-state index is 0.166. The Hall–Kier alpha value is -2.92. The van der Waals surface area contributed by atoms with E-state index in [2.05, 4.69) is 0 Å². The lowest BCUT2D eigenvalue weighted by Crippen LogP contribution is -2.69. The van der Waals surface area contributed by atoms with Crippen LogP contribution in [0.25, 0.3) is 0 Å². The molecule has 0 saturated carbocycles. The largest absolute Gasteiger partial charge is 0.481 e. The highest BCUT2D eigenvalue weighted by Crippen LogP contribution is 2.43. The predicted molar refractivity (Wildman–Crippen MR) is 442 cm³/mol. The van der Waals surface area contributed by atoms with Crippen molar-refractivity contribution >= 4 is 141 Å². The van der Waals surface area contributed by atoms with Crippen molar-refractivity contribution in [1.82, 2.24) is 0 Å². The van der Waals surface area contributed by atoms with E-state index in [-0.39, 0.29) is 46.0 Å². The molecule has 0 spiro atoms. The number of rotatable bonds is 40. The molecule has 30 rings (SSSR count). The summed E-state index contributed by atoms with van der Waals surface area (Å²) >= 11 is 6.02. The molecule has 57 heteroatoms. The van der Waals surface area contributed by atoms with Gasteiger partial charge in [0.25, 0.3) is 0 Å². The van der Waals surface area contributed by atoms with E-state index in [1.54, 1.807) is 0 Å². The standard InChI is InChI=1S/C72H112O49S8/c73-33(74)1-9-122-17-25-57-41(89)49(97)65(106-25)115-58-26(18-123-10-2-34(75)76)108-67(51(99)43(58)91)117-60-28(20-125-12-4-36(79)80)110-69(53(101)45(60)93)119-62-30(22-127-14-6-38(83)84)112-71(55(103)47(62)95)121-64-32(24-129(105)16-8-40(87)88)113-72(56(104)48(64)96)120-63-31(23-128-15-7-39(85)86)111-70(54(102)46(63)94)118-61-29(21-126-13-5-37(81)82)109-68(52(100)44(61)92)116-59-27(19-124-11-3-35(77)78)107-66(114-57)50(98)42(59)90/h25-32,41-72,89-104H,1-24H2,(H,73,74)(H,75,76)(H,77,78)(H,79,80)(H,81,82)(H,83,84)(H,85,86)(H,87,88)/t25-,26-,27-,28-,29-,30-,31-,32-,41?,42-,43-,44-,45-,46-,47-,48-,49-,50-,51-,52-,53-,54-,55-,56?,57-,58-,59-,60-,61-,62-,63-,64-,65-,66-,67-,68-,69-,70-,71-,72-,129?/m1/s1. The second-order valence-electron chi connectivity index (χ2n) is 31.0. The normalized spacial score (nSPS) is 41.5. The molecule has 24 N–H and O–H groups in total. The van der Waals surface area contributed by atoms with Crippen molar-refractivity contribution in [3.8, 4) is 0 Å². The van der Waals surface area contributed by atoms with E-state index in [4.69, 9.17) is 75.8 Å². The van der Waals surface area contributed by atoms with E-state index in [1.165, 1.54) is 0 Å². The first-order valence-electron chi connectivity index (χ1n) is 40.6. The Morgan fingerprint density at radius 1 is 0.194 bits per heavy atom. The van der Waals surface area contributed by atoms with Gasteiger partial charge in [-0.1, -0.05) is 0 Å². The van der Waals surface area contributed by atoms with E-state index >= 15 is 0 Å². The van der Waals surface area contributed by atoms with Gasteiger partial charge in [-0.3, -0.25) is 42.6 Å². The van der Waals surface area contributed by atoms with Crippen molar-refractivity contribution in [2.24, 2.45) is 0 Å². The topological polar surface area (TPSA) is 787 Å². The molecule has 0 amide bonds. The Bertz CT molecular complexity index is 3450. The molecule has 0 radical (unpaired) electrons. The Balaban J connectivity index is 1.12. The highest BCUT2D eigenvalue weighted by atomic mass is 32.2. The molecule has 30 heterocycles. The van der Waals surface area contributed by atoms with Gasteiger partial charge in [0.15, 0.2) is 50.3 Å². The summed E-state index contributed by atoms with van der Waals surface area (Å²) < 4.78 is 114. The first-order valence-corrected chi connectivity index (χ1v) is 50.2. The fraction of sp³-hybridized carbons (Fsp3) is 0.889. The maximum Gasteiger partial charge on any atom is 0.304 e. The molecule has 3 unspecified atom stereocenters. The van der Waals surface area contributed by atoms with Gasteiger partial charge in [-0.05, 0) is 0 Å². The Morgan fingerprint density at radius 3 is 0.465 bits per heavy atom. The number of aliphatic hydroxyl groups excluding tert-OH is 16. The van der Waals surface area contributed by atoms with Crippen LogP contribution in [0.4, 0.5) is 0 Å². The second kappa shape index (κ2) is 52.7. The molecule has 0 aromatic carbocycles. The maximum absolute atomic E-state index is 13.9. The monoisotopic (exact) mass is 2020 g/mol. The van der Waals surface area contributed by atoms with Crippen molar-refractivity contribution in [3.05, 3.63) is 0 Å². The smallest absolute Gasteiger partial charge is 0.304 e. The zero-order chi connectivity index (χ0) is 94.5. The Labute approximate surface area is 766 Å². The molecule has 129 heavy (non-hydrogen) atoms. The van der Waals surface area contributed by atoms with E-state index in [1.807, 2.05) is 0 Å². The van der Waals surface area contributed by atoms with Crippen LogP contribution in [0.1, 0.15) is 51.4 Å². The number of ether oxygens (including phenoxy) is 16. The van der Waals surface area contributed by atoms with E-state index in [0.717, 1.165) is 82.3 Å². The quantitative estimate of drug-likeness (QED) is 0.0253. The summed E-state index contributed by atoms with van der Waals surface area (Å²) in [6.07, 6.45) is -88.2. The average molecular weight is 2020 g/mol. The molecule has 30 fully saturated rings. The Kier molecular flexibility index (Phi) is 44.9. The van der Waals surface area contributed by atoms with E-state index in [0.29, 0.717) is 0 Å². The number of hydrogen-bond donors (Lipinski definition) is 24.